The summed E-state index contributed by atoms with van der Waals surface area (Å²) in [6.07, 6.45) is 3.44. The summed E-state index contributed by atoms with van der Waals surface area (Å²) < 4.78 is 12.1. The molecule has 1 amide bonds. The molecule has 2 aliphatic rings. The third-order valence-electron chi connectivity index (χ3n) is 5.08. The number of morpholine rings is 1. The molecule has 0 spiro atoms. The molecule has 26 heavy (non-hydrogen) atoms. The van der Waals surface area contributed by atoms with E-state index in [4.69, 9.17) is 9.47 Å². The number of nitrogens with zero attached hydrogens (tertiary/aromatic N) is 3. The van der Waals surface area contributed by atoms with Gasteiger partial charge in [-0.2, -0.15) is 0 Å². The first-order valence-corrected chi connectivity index (χ1v) is 9.10. The third kappa shape index (κ3) is 3.48. The Morgan fingerprint density at radius 3 is 3.00 bits per heavy atom. The zero-order chi connectivity index (χ0) is 17.9. The molecular formula is C20H23N3O3. The van der Waals surface area contributed by atoms with Crippen molar-refractivity contribution in [3.63, 3.8) is 0 Å². The highest BCUT2D eigenvalue weighted by Gasteiger charge is 2.45. The molecular weight excluding hydrogens is 330 g/mol. The normalized spacial score (nSPS) is 25.1. The second-order valence-corrected chi connectivity index (χ2v) is 6.81. The predicted molar refractivity (Wildman–Crippen MR) is 95.6 cm³/mol. The van der Waals surface area contributed by atoms with Gasteiger partial charge in [0.15, 0.2) is 0 Å². The number of ether oxygens (including phenoxy) is 2. The van der Waals surface area contributed by atoms with Crippen LogP contribution < -0.4 is 0 Å². The average molecular weight is 353 g/mol. The first kappa shape index (κ1) is 17.1. The van der Waals surface area contributed by atoms with Gasteiger partial charge in [-0.15, -0.1) is 0 Å². The summed E-state index contributed by atoms with van der Waals surface area (Å²) in [7, 11) is 0. The van der Waals surface area contributed by atoms with Gasteiger partial charge < -0.3 is 14.4 Å². The first-order chi connectivity index (χ1) is 12.7. The van der Waals surface area contributed by atoms with Crippen molar-refractivity contribution in [3.05, 3.63) is 59.7 Å². The van der Waals surface area contributed by atoms with Gasteiger partial charge in [0.1, 0.15) is 11.8 Å². The van der Waals surface area contributed by atoms with Gasteiger partial charge in [-0.3, -0.25) is 9.78 Å². The zero-order valence-electron chi connectivity index (χ0n) is 14.9. The Morgan fingerprint density at radius 2 is 2.19 bits per heavy atom. The summed E-state index contributed by atoms with van der Waals surface area (Å²) in [5.74, 6) is -0.0163. The molecule has 4 rings (SSSR count). The molecule has 0 bridgehead atoms. The Hall–Kier alpha value is -2.31. The van der Waals surface area contributed by atoms with Crippen LogP contribution in [0.2, 0.25) is 0 Å². The number of hydrogen-bond donors (Lipinski definition) is 0. The van der Waals surface area contributed by atoms with Gasteiger partial charge in [0, 0.05) is 18.4 Å². The fourth-order valence-electron chi connectivity index (χ4n) is 3.83. The number of hydrogen-bond acceptors (Lipinski definition) is 5. The van der Waals surface area contributed by atoms with Gasteiger partial charge in [-0.1, -0.05) is 12.1 Å². The molecule has 1 aliphatic heterocycles. The molecule has 2 aromatic rings. The van der Waals surface area contributed by atoms with Crippen molar-refractivity contribution in [1.29, 1.82) is 0 Å². The van der Waals surface area contributed by atoms with E-state index in [1.165, 1.54) is 0 Å². The van der Waals surface area contributed by atoms with Crippen molar-refractivity contribution in [1.82, 2.24) is 14.9 Å². The fraction of sp³-hybridized carbons (Fsp3) is 0.450. The Kier molecular flexibility index (Phi) is 4.95. The van der Waals surface area contributed by atoms with Crippen molar-refractivity contribution in [2.75, 3.05) is 13.2 Å². The van der Waals surface area contributed by atoms with E-state index in [2.05, 4.69) is 9.97 Å². The van der Waals surface area contributed by atoms with Crippen LogP contribution in [0.4, 0.5) is 0 Å². The molecule has 2 fully saturated rings. The number of carbonyl (C=O) groups is 1. The van der Waals surface area contributed by atoms with E-state index in [-0.39, 0.29) is 24.2 Å². The van der Waals surface area contributed by atoms with Crippen LogP contribution in [-0.2, 0) is 16.1 Å². The van der Waals surface area contributed by atoms with Crippen molar-refractivity contribution in [3.8, 4) is 0 Å². The quantitative estimate of drug-likeness (QED) is 0.844. The van der Waals surface area contributed by atoms with Crippen molar-refractivity contribution in [2.45, 2.75) is 44.6 Å². The Morgan fingerprint density at radius 1 is 1.27 bits per heavy atom. The molecule has 1 aliphatic carbocycles. The minimum Gasteiger partial charge on any atom is -0.372 e. The summed E-state index contributed by atoms with van der Waals surface area (Å²) >= 11 is 0. The Bertz CT molecular complexity index is 768. The monoisotopic (exact) mass is 353 g/mol. The molecule has 6 nitrogen and oxygen atoms in total. The maximum Gasteiger partial charge on any atom is 0.272 e. The highest BCUT2D eigenvalue weighted by molar-refractivity contribution is 5.92. The summed E-state index contributed by atoms with van der Waals surface area (Å²) in [5.41, 5.74) is 2.26. The lowest BCUT2D eigenvalue weighted by atomic mass is 10.1. The number of amides is 1. The molecule has 136 valence electrons. The molecule has 0 N–H and O–H groups in total. The number of fused-ring (bicyclic) bond motifs is 1. The fourth-order valence-corrected chi connectivity index (χ4v) is 3.83. The maximum absolute atomic E-state index is 12.9. The molecule has 1 saturated carbocycles. The van der Waals surface area contributed by atoms with Crippen LogP contribution in [0.1, 0.15) is 34.7 Å². The maximum atomic E-state index is 12.9. The predicted octanol–water partition coefficient (Wildman–Crippen LogP) is 2.37. The van der Waals surface area contributed by atoms with Gasteiger partial charge in [-0.25, -0.2) is 4.98 Å². The van der Waals surface area contributed by atoms with E-state index in [0.717, 1.165) is 24.2 Å². The number of aromatic nitrogens is 2. The highest BCUT2D eigenvalue weighted by Crippen LogP contribution is 2.33. The molecule has 1 saturated heterocycles. The third-order valence-corrected chi connectivity index (χ3v) is 5.08. The van der Waals surface area contributed by atoms with Crippen molar-refractivity contribution in [2.24, 2.45) is 0 Å². The van der Waals surface area contributed by atoms with Crippen LogP contribution in [0.25, 0.3) is 0 Å². The molecule has 0 radical (unpaired) electrons. The number of rotatable bonds is 4. The SMILES string of the molecule is Cc1cccc(C(=O)N2CCO[C@H]3[C@H](OCc4ccccn4)CC[C@@H]32)n1. The van der Waals surface area contributed by atoms with Crippen LogP contribution in [-0.4, -0.2) is 52.2 Å². The topological polar surface area (TPSA) is 64.6 Å². The lowest BCUT2D eigenvalue weighted by Crippen LogP contribution is -2.54. The van der Waals surface area contributed by atoms with Crippen LogP contribution in [0.5, 0.6) is 0 Å². The molecule has 0 aromatic carbocycles. The first-order valence-electron chi connectivity index (χ1n) is 9.10. The summed E-state index contributed by atoms with van der Waals surface area (Å²) in [6.45, 7) is 3.49. The zero-order valence-corrected chi connectivity index (χ0v) is 14.9. The molecule has 0 unspecified atom stereocenters. The highest BCUT2D eigenvalue weighted by atomic mass is 16.5. The number of pyridine rings is 2. The van der Waals surface area contributed by atoms with Gasteiger partial charge in [0.25, 0.3) is 5.91 Å². The van der Waals surface area contributed by atoms with Crippen molar-refractivity contribution < 1.29 is 14.3 Å². The van der Waals surface area contributed by atoms with E-state index in [0.29, 0.717) is 25.5 Å². The van der Waals surface area contributed by atoms with Crippen LogP contribution in [0.15, 0.2) is 42.6 Å². The molecule has 6 heteroatoms. The van der Waals surface area contributed by atoms with Crippen molar-refractivity contribution >= 4 is 5.91 Å². The number of carbonyl (C=O) groups excluding carboxylic acids is 1. The van der Waals surface area contributed by atoms with Crippen LogP contribution in [0, 0.1) is 6.92 Å². The lowest BCUT2D eigenvalue weighted by Gasteiger charge is -2.38. The van der Waals surface area contributed by atoms with E-state index >= 15 is 0 Å². The standard InChI is InChI=1S/C20H23N3O3/c1-14-5-4-7-16(22-14)20(24)23-11-12-25-19-17(23)8-9-18(19)26-13-15-6-2-3-10-21-15/h2-7,10,17-19H,8-9,11-13H2,1H3/t17-,18+,19+/m0/s1. The summed E-state index contributed by atoms with van der Waals surface area (Å²) in [6, 6.07) is 11.4. The van der Waals surface area contributed by atoms with E-state index in [9.17, 15) is 4.79 Å². The number of aryl methyl sites for hydroxylation is 1. The molecule has 3 heterocycles. The second-order valence-electron chi connectivity index (χ2n) is 6.81. The molecule has 2 aromatic heterocycles. The average Bonchev–Trinajstić information content (AvgIpc) is 3.10. The summed E-state index contributed by atoms with van der Waals surface area (Å²) in [5, 5.41) is 0. The van der Waals surface area contributed by atoms with Gasteiger partial charge >= 0.3 is 0 Å². The van der Waals surface area contributed by atoms with E-state index < -0.39 is 0 Å². The molecule has 3 atom stereocenters. The van der Waals surface area contributed by atoms with Gasteiger partial charge in [0.05, 0.1) is 31.1 Å². The Labute approximate surface area is 153 Å². The lowest BCUT2D eigenvalue weighted by molar-refractivity contribution is -0.109. The van der Waals surface area contributed by atoms with Crippen LogP contribution in [0.3, 0.4) is 0 Å². The van der Waals surface area contributed by atoms with E-state index in [1.807, 2.05) is 42.2 Å². The minimum atomic E-state index is -0.0822. The smallest absolute Gasteiger partial charge is 0.272 e. The minimum absolute atomic E-state index is 0.0110. The second kappa shape index (κ2) is 7.51. The largest absolute Gasteiger partial charge is 0.372 e. The van der Waals surface area contributed by atoms with E-state index in [1.54, 1.807) is 12.3 Å². The van der Waals surface area contributed by atoms with Crippen LogP contribution >= 0.6 is 0 Å². The Balaban J connectivity index is 1.43. The summed E-state index contributed by atoms with van der Waals surface area (Å²) in [4.78, 5) is 23.5. The van der Waals surface area contributed by atoms with Gasteiger partial charge in [0.2, 0.25) is 0 Å². The van der Waals surface area contributed by atoms with Gasteiger partial charge in [-0.05, 0) is 44.0 Å².